The van der Waals surface area contributed by atoms with Crippen molar-refractivity contribution in [2.75, 3.05) is 11.9 Å². The summed E-state index contributed by atoms with van der Waals surface area (Å²) in [6.07, 6.45) is -3.36. The molecule has 12 heteroatoms. The molecule has 3 heterocycles. The monoisotopic (exact) mass is 443 g/mol. The van der Waals surface area contributed by atoms with Gasteiger partial charge in [-0.2, -0.15) is 5.10 Å². The van der Waals surface area contributed by atoms with Crippen molar-refractivity contribution in [3.63, 3.8) is 0 Å². The van der Waals surface area contributed by atoms with Crippen LogP contribution >= 0.6 is 0 Å². The van der Waals surface area contributed by atoms with Crippen molar-refractivity contribution in [2.24, 2.45) is 0 Å². The van der Waals surface area contributed by atoms with Crippen LogP contribution in [0.1, 0.15) is 37.8 Å². The van der Waals surface area contributed by atoms with Gasteiger partial charge in [0.2, 0.25) is 5.88 Å². The first kappa shape index (κ1) is 21.2. The molecule has 1 amide bonds. The Morgan fingerprint density at radius 3 is 2.90 bits per heavy atom. The molecule has 31 heavy (non-hydrogen) atoms. The molecule has 2 aromatic heterocycles. The van der Waals surface area contributed by atoms with Gasteiger partial charge in [-0.1, -0.05) is 0 Å². The maximum Gasteiger partial charge on any atom is 0.407 e. The molecule has 8 nitrogen and oxygen atoms in total. The second-order valence-corrected chi connectivity index (χ2v) is 7.66. The van der Waals surface area contributed by atoms with Gasteiger partial charge < -0.3 is 20.1 Å². The lowest BCUT2D eigenvalue weighted by molar-refractivity contribution is -0.0494. The molecule has 1 aliphatic carbocycles. The van der Waals surface area contributed by atoms with E-state index in [9.17, 15) is 22.4 Å². The van der Waals surface area contributed by atoms with E-state index >= 15 is 0 Å². The van der Waals surface area contributed by atoms with Gasteiger partial charge in [-0.3, -0.25) is 5.10 Å². The van der Waals surface area contributed by atoms with Crippen LogP contribution in [0.4, 0.5) is 33.9 Å². The number of H-pyrrole nitrogens is 1. The Morgan fingerprint density at radius 2 is 2.10 bits per heavy atom. The molecule has 2 aliphatic rings. The van der Waals surface area contributed by atoms with Gasteiger partial charge in [-0.15, -0.1) is 0 Å². The normalized spacial score (nSPS) is 28.4. The van der Waals surface area contributed by atoms with E-state index in [1.807, 2.05) is 5.32 Å². The number of nitrogens with one attached hydrogen (secondary N) is 3. The van der Waals surface area contributed by atoms with Crippen LogP contribution in [0.15, 0.2) is 18.3 Å². The van der Waals surface area contributed by atoms with Crippen molar-refractivity contribution < 1.29 is 31.8 Å². The third-order valence-electron chi connectivity index (χ3n) is 5.48. The van der Waals surface area contributed by atoms with Gasteiger partial charge in [0.15, 0.2) is 11.6 Å². The number of aromatic nitrogens is 3. The van der Waals surface area contributed by atoms with Gasteiger partial charge in [0.25, 0.3) is 5.92 Å². The minimum absolute atomic E-state index is 0.00877. The maximum atomic E-state index is 14.9. The van der Waals surface area contributed by atoms with E-state index < -0.39 is 48.5 Å². The molecule has 168 valence electrons. The average Bonchev–Trinajstić information content (AvgIpc) is 3.24. The van der Waals surface area contributed by atoms with Crippen molar-refractivity contribution in [2.45, 2.75) is 56.3 Å². The number of pyridine rings is 1. The highest BCUT2D eigenvalue weighted by Crippen LogP contribution is 2.39. The van der Waals surface area contributed by atoms with Gasteiger partial charge in [-0.05, 0) is 25.8 Å². The minimum Gasteiger partial charge on any atom is -0.477 e. The maximum absolute atomic E-state index is 14.9. The highest BCUT2D eigenvalue weighted by atomic mass is 19.3. The van der Waals surface area contributed by atoms with Crippen LogP contribution in [0.25, 0.3) is 0 Å². The minimum atomic E-state index is -3.31. The fourth-order valence-electron chi connectivity index (χ4n) is 3.67. The third-order valence-corrected chi connectivity index (χ3v) is 5.48. The average molecular weight is 443 g/mol. The van der Waals surface area contributed by atoms with Gasteiger partial charge in [-0.25, -0.2) is 27.3 Å². The number of ether oxygens (including phenoxy) is 2. The van der Waals surface area contributed by atoms with Crippen LogP contribution in [0, 0.1) is 5.82 Å². The van der Waals surface area contributed by atoms with E-state index in [4.69, 9.17) is 9.47 Å². The summed E-state index contributed by atoms with van der Waals surface area (Å²) in [6, 6.07) is 1.37. The summed E-state index contributed by atoms with van der Waals surface area (Å²) in [5, 5.41) is 11.3. The lowest BCUT2D eigenvalue weighted by Crippen LogP contribution is -2.47. The van der Waals surface area contributed by atoms with E-state index in [0.29, 0.717) is 5.69 Å². The number of amides is 1. The zero-order valence-corrected chi connectivity index (χ0v) is 16.5. The lowest BCUT2D eigenvalue weighted by Gasteiger charge is -2.25. The Morgan fingerprint density at radius 1 is 1.29 bits per heavy atom. The Hall–Kier alpha value is -3.05. The van der Waals surface area contributed by atoms with Crippen molar-refractivity contribution in [1.29, 1.82) is 0 Å². The van der Waals surface area contributed by atoms with Crippen LogP contribution in [0.5, 0.6) is 5.88 Å². The molecular formula is C19H21F4N5O3. The van der Waals surface area contributed by atoms with Crippen LogP contribution in [0.3, 0.4) is 0 Å². The standard InChI is InChI=1S/C19H21F4N5O3/c1-9-19(22,23)3-5-30-14-8-11(2-4-24-14)26-17-15(21)16(27-28-17)10-6-12(20)13(7-10)31-18(29)25-9/h2,4,8-10,12-13H,3,5-7H2,1H3,(H,25,29)(H2,26,27,28)/t9-,10?,12+,13?/m0/s1. The number of hydrogen-bond acceptors (Lipinski definition) is 6. The fourth-order valence-corrected chi connectivity index (χ4v) is 3.67. The molecular weight excluding hydrogens is 422 g/mol. The van der Waals surface area contributed by atoms with Crippen LogP contribution < -0.4 is 15.4 Å². The molecule has 1 saturated carbocycles. The Kier molecular flexibility index (Phi) is 5.63. The SMILES string of the molecule is C[C@@H]1NC(=O)OC2CC(C[C@H]2F)c2[nH]nc(c2F)Nc2ccnc(c2)OCCC1(F)F. The van der Waals surface area contributed by atoms with E-state index in [1.54, 1.807) is 0 Å². The van der Waals surface area contributed by atoms with E-state index in [-0.39, 0.29) is 36.8 Å². The second-order valence-electron chi connectivity index (χ2n) is 7.66. The number of carbonyl (C=O) groups is 1. The quantitative estimate of drug-likeness (QED) is 0.536. The van der Waals surface area contributed by atoms with Gasteiger partial charge in [0.1, 0.15) is 12.3 Å². The molecule has 0 saturated heterocycles. The molecule has 1 aliphatic heterocycles. The van der Waals surface area contributed by atoms with Crippen LogP contribution in [0.2, 0.25) is 0 Å². The summed E-state index contributed by atoms with van der Waals surface area (Å²) >= 11 is 0. The molecule has 6 bridgehead atoms. The summed E-state index contributed by atoms with van der Waals surface area (Å²) in [5.41, 5.74) is 0.453. The molecule has 0 aromatic carbocycles. The summed E-state index contributed by atoms with van der Waals surface area (Å²) < 4.78 is 68.3. The smallest absolute Gasteiger partial charge is 0.407 e. The molecule has 4 rings (SSSR count). The predicted octanol–water partition coefficient (Wildman–Crippen LogP) is 3.80. The van der Waals surface area contributed by atoms with Gasteiger partial charge in [0, 0.05) is 30.3 Å². The molecule has 2 unspecified atom stereocenters. The van der Waals surface area contributed by atoms with E-state index in [0.717, 1.165) is 6.92 Å². The fraction of sp³-hybridized carbons (Fsp3) is 0.526. The summed E-state index contributed by atoms with van der Waals surface area (Å²) in [7, 11) is 0. The molecule has 1 fully saturated rings. The molecule has 0 spiro atoms. The van der Waals surface area contributed by atoms with E-state index in [1.165, 1.54) is 18.3 Å². The number of halogens is 4. The zero-order chi connectivity index (χ0) is 22.2. The first-order valence-electron chi connectivity index (χ1n) is 9.81. The van der Waals surface area contributed by atoms with E-state index in [2.05, 4.69) is 20.5 Å². The highest BCUT2D eigenvalue weighted by molar-refractivity contribution is 5.68. The first-order valence-corrected chi connectivity index (χ1v) is 9.81. The lowest BCUT2D eigenvalue weighted by atomic mass is 10.0. The highest BCUT2D eigenvalue weighted by Gasteiger charge is 2.42. The van der Waals surface area contributed by atoms with Crippen LogP contribution in [-0.4, -0.2) is 52.1 Å². The number of rotatable bonds is 0. The Balaban J connectivity index is 1.62. The van der Waals surface area contributed by atoms with Crippen molar-refractivity contribution >= 4 is 17.6 Å². The van der Waals surface area contributed by atoms with Crippen LogP contribution in [-0.2, 0) is 4.74 Å². The molecule has 4 atom stereocenters. The summed E-state index contributed by atoms with van der Waals surface area (Å²) in [5.74, 6) is -4.68. The van der Waals surface area contributed by atoms with Gasteiger partial charge in [0.05, 0.1) is 18.3 Å². The predicted molar refractivity (Wildman–Crippen MR) is 101 cm³/mol. The Labute approximate surface area is 174 Å². The number of alkyl halides is 3. The number of anilines is 2. The summed E-state index contributed by atoms with van der Waals surface area (Å²) in [6.45, 7) is 0.733. The largest absolute Gasteiger partial charge is 0.477 e. The Bertz CT molecular complexity index is 956. The number of alkyl carbamates (subject to hydrolysis) is 1. The second kappa shape index (κ2) is 8.23. The molecule has 0 radical (unpaired) electrons. The number of hydrogen-bond donors (Lipinski definition) is 3. The summed E-state index contributed by atoms with van der Waals surface area (Å²) in [4.78, 5) is 16.0. The van der Waals surface area contributed by atoms with Crippen molar-refractivity contribution in [1.82, 2.24) is 20.5 Å². The number of carbonyl (C=O) groups excluding carboxylic acids is 1. The number of aromatic amines is 1. The van der Waals surface area contributed by atoms with Crippen molar-refractivity contribution in [3.05, 3.63) is 29.8 Å². The third kappa shape index (κ3) is 4.52. The topological polar surface area (TPSA) is 101 Å². The van der Waals surface area contributed by atoms with Crippen molar-refractivity contribution in [3.8, 4) is 5.88 Å². The number of nitrogens with zero attached hydrogens (tertiary/aromatic N) is 2. The zero-order valence-electron chi connectivity index (χ0n) is 16.5. The van der Waals surface area contributed by atoms with Gasteiger partial charge >= 0.3 is 6.09 Å². The molecule has 3 N–H and O–H groups in total. The molecule has 2 aromatic rings. The number of fused-ring (bicyclic) bond motifs is 7. The first-order chi connectivity index (χ1) is 14.7.